The van der Waals surface area contributed by atoms with E-state index in [4.69, 9.17) is 11.6 Å². The van der Waals surface area contributed by atoms with Gasteiger partial charge in [-0.3, -0.25) is 0 Å². The molecule has 0 saturated heterocycles. The molecule has 0 aliphatic heterocycles. The molecule has 0 aromatic heterocycles. The summed E-state index contributed by atoms with van der Waals surface area (Å²) in [6, 6.07) is 10.0. The molecule has 0 amide bonds. The van der Waals surface area contributed by atoms with E-state index in [1.54, 1.807) is 0 Å². The average molecular weight is 349 g/mol. The number of rotatable bonds is 7. The highest BCUT2D eigenvalue weighted by molar-refractivity contribution is 7.91. The van der Waals surface area contributed by atoms with Crippen molar-refractivity contribution in [3.8, 4) is 0 Å². The van der Waals surface area contributed by atoms with E-state index < -0.39 is 9.84 Å². The maximum atomic E-state index is 11.8. The fourth-order valence-corrected chi connectivity index (χ4v) is 3.72. The summed E-state index contributed by atoms with van der Waals surface area (Å²) in [5.74, 6) is 0.828. The Morgan fingerprint density at radius 3 is 1.91 bits per heavy atom. The fraction of sp³-hybridized carbons (Fsp3) is 0.667. The lowest BCUT2D eigenvalue weighted by Crippen LogP contribution is -2.23. The molecule has 1 rings (SSSR count). The molecule has 130 valence electrons. The van der Waals surface area contributed by atoms with Gasteiger partial charge in [0.05, 0.1) is 11.5 Å². The van der Waals surface area contributed by atoms with Gasteiger partial charge in [-0.1, -0.05) is 71.9 Å². The van der Waals surface area contributed by atoms with Crippen molar-refractivity contribution < 1.29 is 8.42 Å². The van der Waals surface area contributed by atoms with Crippen LogP contribution in [-0.4, -0.2) is 25.8 Å². The first-order chi connectivity index (χ1) is 10.4. The van der Waals surface area contributed by atoms with E-state index in [1.807, 2.05) is 58.0 Å². The van der Waals surface area contributed by atoms with Crippen LogP contribution in [0.2, 0.25) is 0 Å². The van der Waals surface area contributed by atoms with Gasteiger partial charge in [0, 0.05) is 5.88 Å². The Morgan fingerprint density at radius 2 is 1.45 bits per heavy atom. The number of halogens is 1. The third kappa shape index (κ3) is 10.2. The van der Waals surface area contributed by atoms with Crippen molar-refractivity contribution in [1.82, 2.24) is 0 Å². The minimum absolute atomic E-state index is 0.116. The summed E-state index contributed by atoms with van der Waals surface area (Å²) < 4.78 is 23.6. The van der Waals surface area contributed by atoms with E-state index in [0.29, 0.717) is 18.7 Å². The second kappa shape index (κ2) is 13.0. The van der Waals surface area contributed by atoms with E-state index in [-0.39, 0.29) is 16.9 Å². The molecular weight excluding hydrogens is 316 g/mol. The molecule has 0 unspecified atom stereocenters. The van der Waals surface area contributed by atoms with Crippen LogP contribution in [0.15, 0.2) is 30.3 Å². The van der Waals surface area contributed by atoms with Crippen molar-refractivity contribution in [3.63, 3.8) is 0 Å². The highest BCUT2D eigenvalue weighted by atomic mass is 35.5. The van der Waals surface area contributed by atoms with E-state index in [0.717, 1.165) is 0 Å². The largest absolute Gasteiger partial charge is 0.229 e. The molecular formula is C18H33ClO2S. The van der Waals surface area contributed by atoms with Gasteiger partial charge in [0.1, 0.15) is 9.84 Å². The lowest BCUT2D eigenvalue weighted by molar-refractivity contribution is 0.499. The molecule has 0 bridgehead atoms. The zero-order valence-electron chi connectivity index (χ0n) is 15.0. The third-order valence-corrected chi connectivity index (χ3v) is 5.19. The SMILES string of the molecule is CC.CC.CC(C)(CCS(=O)(=O)CCCCl)c1ccccc1. The van der Waals surface area contributed by atoms with Crippen molar-refractivity contribution in [2.24, 2.45) is 0 Å². The van der Waals surface area contributed by atoms with Crippen LogP contribution in [0, 0.1) is 0 Å². The molecule has 0 aliphatic carbocycles. The molecule has 0 spiro atoms. The highest BCUT2D eigenvalue weighted by Gasteiger charge is 2.23. The Morgan fingerprint density at radius 1 is 0.955 bits per heavy atom. The highest BCUT2D eigenvalue weighted by Crippen LogP contribution is 2.27. The lowest BCUT2D eigenvalue weighted by atomic mass is 9.82. The van der Waals surface area contributed by atoms with Gasteiger partial charge in [0.25, 0.3) is 0 Å². The van der Waals surface area contributed by atoms with E-state index >= 15 is 0 Å². The van der Waals surface area contributed by atoms with Crippen LogP contribution in [0.5, 0.6) is 0 Å². The summed E-state index contributed by atoms with van der Waals surface area (Å²) in [5.41, 5.74) is 1.06. The molecule has 0 N–H and O–H groups in total. The number of hydrogen-bond donors (Lipinski definition) is 0. The van der Waals surface area contributed by atoms with Gasteiger partial charge < -0.3 is 0 Å². The van der Waals surface area contributed by atoms with E-state index in [1.165, 1.54) is 5.56 Å². The van der Waals surface area contributed by atoms with Gasteiger partial charge >= 0.3 is 0 Å². The topological polar surface area (TPSA) is 34.1 Å². The summed E-state index contributed by atoms with van der Waals surface area (Å²) in [5, 5.41) is 0. The summed E-state index contributed by atoms with van der Waals surface area (Å²) >= 11 is 5.53. The molecule has 1 aromatic rings. The van der Waals surface area contributed by atoms with Crippen molar-refractivity contribution in [3.05, 3.63) is 35.9 Å². The smallest absolute Gasteiger partial charge is 0.150 e. The Hall–Kier alpha value is -0.540. The number of hydrogen-bond acceptors (Lipinski definition) is 2. The lowest BCUT2D eigenvalue weighted by Gasteiger charge is -2.25. The Kier molecular flexibility index (Phi) is 14.0. The summed E-state index contributed by atoms with van der Waals surface area (Å²) in [6.07, 6.45) is 1.18. The molecule has 0 aliphatic rings. The molecule has 4 heteroatoms. The van der Waals surface area contributed by atoms with Crippen molar-refractivity contribution >= 4 is 21.4 Å². The molecule has 0 atom stereocenters. The summed E-state index contributed by atoms with van der Waals surface area (Å²) in [4.78, 5) is 0. The minimum Gasteiger partial charge on any atom is -0.229 e. The van der Waals surface area contributed by atoms with Crippen LogP contribution < -0.4 is 0 Å². The summed E-state index contributed by atoms with van der Waals surface area (Å²) in [6.45, 7) is 12.2. The van der Waals surface area contributed by atoms with Crippen molar-refractivity contribution in [1.29, 1.82) is 0 Å². The van der Waals surface area contributed by atoms with Crippen LogP contribution in [0.25, 0.3) is 0 Å². The first kappa shape index (κ1) is 23.7. The van der Waals surface area contributed by atoms with Crippen LogP contribution >= 0.6 is 11.6 Å². The normalized spacial score (nSPS) is 10.9. The Labute approximate surface area is 143 Å². The minimum atomic E-state index is -2.97. The molecule has 0 saturated carbocycles. The number of benzene rings is 1. The first-order valence-electron chi connectivity index (χ1n) is 8.19. The standard InChI is InChI=1S/C14H21ClO2S.2C2H6/c1-14(2,13-7-4-3-5-8-13)9-12-18(16,17)11-6-10-15;2*1-2/h3-5,7-8H,6,9-12H2,1-2H3;2*1-2H3. The zero-order valence-corrected chi connectivity index (χ0v) is 16.6. The van der Waals surface area contributed by atoms with Crippen molar-refractivity contribution in [2.45, 2.75) is 59.8 Å². The Balaban J connectivity index is 0. The number of alkyl halides is 1. The maximum Gasteiger partial charge on any atom is 0.150 e. The monoisotopic (exact) mass is 348 g/mol. The van der Waals surface area contributed by atoms with Gasteiger partial charge in [-0.15, -0.1) is 11.6 Å². The molecule has 0 fully saturated rings. The van der Waals surface area contributed by atoms with Gasteiger partial charge in [0.15, 0.2) is 0 Å². The average Bonchev–Trinajstić information content (AvgIpc) is 2.56. The predicted octanol–water partition coefficient (Wildman–Crippen LogP) is 5.45. The van der Waals surface area contributed by atoms with Gasteiger partial charge in [-0.25, -0.2) is 8.42 Å². The van der Waals surface area contributed by atoms with Crippen LogP contribution in [0.1, 0.15) is 59.9 Å². The van der Waals surface area contributed by atoms with Crippen molar-refractivity contribution in [2.75, 3.05) is 17.4 Å². The van der Waals surface area contributed by atoms with Crippen LogP contribution in [0.3, 0.4) is 0 Å². The first-order valence-corrected chi connectivity index (χ1v) is 10.5. The van der Waals surface area contributed by atoms with E-state index in [9.17, 15) is 8.42 Å². The fourth-order valence-electron chi connectivity index (χ4n) is 1.82. The molecule has 0 heterocycles. The third-order valence-electron chi connectivity index (χ3n) is 3.18. The second-order valence-corrected chi connectivity index (χ2v) is 7.88. The van der Waals surface area contributed by atoms with E-state index in [2.05, 4.69) is 13.8 Å². The molecule has 2 nitrogen and oxygen atoms in total. The van der Waals surface area contributed by atoms with Gasteiger partial charge in [-0.2, -0.15) is 0 Å². The quantitative estimate of drug-likeness (QED) is 0.614. The molecule has 1 aromatic carbocycles. The van der Waals surface area contributed by atoms with Gasteiger partial charge in [-0.05, 0) is 23.8 Å². The predicted molar refractivity (Wildman–Crippen MR) is 101 cm³/mol. The molecule has 22 heavy (non-hydrogen) atoms. The van der Waals surface area contributed by atoms with Crippen LogP contribution in [0.4, 0.5) is 0 Å². The number of sulfone groups is 1. The summed E-state index contributed by atoms with van der Waals surface area (Å²) in [7, 11) is -2.97. The van der Waals surface area contributed by atoms with Crippen LogP contribution in [-0.2, 0) is 15.3 Å². The Bertz CT molecular complexity index is 453. The zero-order chi connectivity index (χ0) is 17.6. The molecule has 0 radical (unpaired) electrons. The van der Waals surface area contributed by atoms with Gasteiger partial charge in [0.2, 0.25) is 0 Å². The second-order valence-electron chi connectivity index (χ2n) is 5.19. The maximum absolute atomic E-state index is 11.8.